The molecule has 0 spiro atoms. The first-order valence-electron chi connectivity index (χ1n) is 8.97. The average Bonchev–Trinajstić information content (AvgIpc) is 2.62. The van der Waals surface area contributed by atoms with Gasteiger partial charge in [0.2, 0.25) is 0 Å². The summed E-state index contributed by atoms with van der Waals surface area (Å²) in [6, 6.07) is 6.68. The van der Waals surface area contributed by atoms with E-state index in [9.17, 15) is 10.1 Å². The van der Waals surface area contributed by atoms with Crippen molar-refractivity contribution < 1.29 is 9.66 Å². The van der Waals surface area contributed by atoms with Crippen molar-refractivity contribution in [1.29, 1.82) is 0 Å². The maximum absolute atomic E-state index is 10.8. The molecule has 0 aliphatic carbocycles. The fourth-order valence-electron chi connectivity index (χ4n) is 3.82. The predicted molar refractivity (Wildman–Crippen MR) is 94.3 cm³/mol. The van der Waals surface area contributed by atoms with Gasteiger partial charge in [0, 0.05) is 36.7 Å². The summed E-state index contributed by atoms with van der Waals surface area (Å²) in [5.74, 6) is 1.79. The van der Waals surface area contributed by atoms with E-state index in [0.717, 1.165) is 30.8 Å². The van der Waals surface area contributed by atoms with Crippen LogP contribution in [0.4, 0.5) is 5.69 Å². The summed E-state index contributed by atoms with van der Waals surface area (Å²) in [6.45, 7) is 6.68. The van der Waals surface area contributed by atoms with Crippen molar-refractivity contribution in [1.82, 2.24) is 4.90 Å². The van der Waals surface area contributed by atoms with E-state index in [2.05, 4.69) is 24.8 Å². The van der Waals surface area contributed by atoms with Gasteiger partial charge in [0.05, 0.1) is 4.92 Å². The molecule has 130 valence electrons. The maximum Gasteiger partial charge on any atom is 0.269 e. The molecule has 0 saturated carbocycles. The highest BCUT2D eigenvalue weighted by molar-refractivity contribution is 5.62. The number of ether oxygens (including phenoxy) is 1. The summed E-state index contributed by atoms with van der Waals surface area (Å²) in [7, 11) is 0. The van der Waals surface area contributed by atoms with E-state index in [0.29, 0.717) is 11.8 Å². The van der Waals surface area contributed by atoms with Gasteiger partial charge in [0.25, 0.3) is 5.69 Å². The third kappa shape index (κ3) is 3.46. The summed E-state index contributed by atoms with van der Waals surface area (Å²) in [6.07, 6.45) is 7.16. The summed E-state index contributed by atoms with van der Waals surface area (Å²) >= 11 is 0. The molecule has 1 saturated heterocycles. The van der Waals surface area contributed by atoms with Gasteiger partial charge in [-0.3, -0.25) is 15.0 Å². The van der Waals surface area contributed by atoms with Crippen molar-refractivity contribution in [3.05, 3.63) is 46.0 Å². The molecule has 3 rings (SSSR count). The minimum atomic E-state index is -0.368. The third-order valence-corrected chi connectivity index (χ3v) is 5.32. The van der Waals surface area contributed by atoms with Crippen LogP contribution in [0.3, 0.4) is 0 Å². The highest BCUT2D eigenvalue weighted by Gasteiger charge is 2.35. The van der Waals surface area contributed by atoms with Crippen LogP contribution in [0.2, 0.25) is 0 Å². The minimum Gasteiger partial charge on any atom is -0.475 e. The van der Waals surface area contributed by atoms with Gasteiger partial charge in [-0.2, -0.15) is 0 Å². The second-order valence-corrected chi connectivity index (χ2v) is 6.87. The summed E-state index contributed by atoms with van der Waals surface area (Å²) < 4.78 is 6.37. The van der Waals surface area contributed by atoms with E-state index in [1.807, 2.05) is 0 Å². The second kappa shape index (κ2) is 7.34. The topological polar surface area (TPSA) is 55.6 Å². The molecule has 1 aromatic rings. The van der Waals surface area contributed by atoms with Crippen LogP contribution in [0.1, 0.15) is 45.1 Å². The van der Waals surface area contributed by atoms with E-state index in [1.54, 1.807) is 24.3 Å². The quantitative estimate of drug-likeness (QED) is 0.605. The van der Waals surface area contributed by atoms with Crippen LogP contribution >= 0.6 is 0 Å². The van der Waals surface area contributed by atoms with Crippen molar-refractivity contribution >= 4 is 11.4 Å². The Bertz CT molecular complexity index is 606. The van der Waals surface area contributed by atoms with Gasteiger partial charge in [0.15, 0.2) is 6.23 Å². The van der Waals surface area contributed by atoms with Crippen LogP contribution in [0.5, 0.6) is 0 Å². The fourth-order valence-corrected chi connectivity index (χ4v) is 3.82. The van der Waals surface area contributed by atoms with Crippen LogP contribution in [-0.2, 0) is 4.74 Å². The van der Waals surface area contributed by atoms with E-state index < -0.39 is 0 Å². The van der Waals surface area contributed by atoms with Gasteiger partial charge in [0.1, 0.15) is 5.76 Å². The minimum absolute atomic E-state index is 0.102. The maximum atomic E-state index is 10.8. The Kier molecular flexibility index (Phi) is 5.19. The third-order valence-electron chi connectivity index (χ3n) is 5.32. The van der Waals surface area contributed by atoms with Crippen molar-refractivity contribution in [2.24, 2.45) is 11.8 Å². The second-order valence-electron chi connectivity index (χ2n) is 6.87. The van der Waals surface area contributed by atoms with Crippen LogP contribution in [0.25, 0.3) is 5.76 Å². The molecular formula is C19H26N2O3. The van der Waals surface area contributed by atoms with E-state index in [-0.39, 0.29) is 16.8 Å². The molecule has 2 aliphatic rings. The van der Waals surface area contributed by atoms with Crippen molar-refractivity contribution in [2.45, 2.75) is 45.8 Å². The Labute approximate surface area is 143 Å². The molecule has 1 aromatic carbocycles. The molecule has 1 fully saturated rings. The lowest BCUT2D eigenvalue weighted by Crippen LogP contribution is -2.47. The first-order valence-corrected chi connectivity index (χ1v) is 8.97. The number of piperidine rings is 1. The van der Waals surface area contributed by atoms with Gasteiger partial charge in [-0.1, -0.05) is 20.3 Å². The number of hydrogen-bond acceptors (Lipinski definition) is 4. The van der Waals surface area contributed by atoms with E-state index in [4.69, 9.17) is 4.74 Å². The standard InChI is InChI=1S/C19H26N2O3/c1-3-15-13-18(16-7-9-17(10-8-16)21(22)23)24-19(14(15)2)20-11-5-4-6-12-20/h7-10,13-15,19H,3-6,11-12H2,1-2H3/t14-,15-,19+/m1/s1. The molecule has 2 heterocycles. The molecule has 0 radical (unpaired) electrons. The Morgan fingerprint density at radius 2 is 1.88 bits per heavy atom. The Morgan fingerprint density at radius 3 is 2.46 bits per heavy atom. The number of benzene rings is 1. The molecule has 2 aliphatic heterocycles. The lowest BCUT2D eigenvalue weighted by Gasteiger charge is -2.43. The molecule has 0 amide bonds. The van der Waals surface area contributed by atoms with Crippen molar-refractivity contribution in [3.63, 3.8) is 0 Å². The van der Waals surface area contributed by atoms with Crippen LogP contribution in [-0.4, -0.2) is 29.1 Å². The molecule has 0 bridgehead atoms. The zero-order valence-electron chi connectivity index (χ0n) is 14.5. The predicted octanol–water partition coefficient (Wildman–Crippen LogP) is 4.44. The molecule has 24 heavy (non-hydrogen) atoms. The highest BCUT2D eigenvalue weighted by atomic mass is 16.6. The zero-order valence-corrected chi connectivity index (χ0v) is 14.5. The number of allylic oxidation sites excluding steroid dienone is 1. The van der Waals surface area contributed by atoms with Crippen LogP contribution < -0.4 is 0 Å². The molecule has 3 atom stereocenters. The average molecular weight is 330 g/mol. The number of nitro groups is 1. The lowest BCUT2D eigenvalue weighted by atomic mass is 9.85. The Balaban J connectivity index is 1.84. The van der Waals surface area contributed by atoms with Gasteiger partial charge < -0.3 is 4.74 Å². The summed E-state index contributed by atoms with van der Waals surface area (Å²) in [5.41, 5.74) is 1.04. The number of nitro benzene ring substituents is 1. The molecule has 0 aromatic heterocycles. The molecule has 0 N–H and O–H groups in total. The Morgan fingerprint density at radius 1 is 1.21 bits per heavy atom. The summed E-state index contributed by atoms with van der Waals surface area (Å²) in [5, 5.41) is 10.8. The largest absolute Gasteiger partial charge is 0.475 e. The summed E-state index contributed by atoms with van der Waals surface area (Å²) in [4.78, 5) is 12.9. The van der Waals surface area contributed by atoms with Crippen molar-refractivity contribution in [2.75, 3.05) is 13.1 Å². The van der Waals surface area contributed by atoms with Gasteiger partial charge in [-0.15, -0.1) is 0 Å². The van der Waals surface area contributed by atoms with E-state index in [1.165, 1.54) is 19.3 Å². The normalized spacial score (nSPS) is 28.1. The molecule has 0 unspecified atom stereocenters. The SMILES string of the molecule is CC[C@@H]1C=C(c2ccc([N+](=O)[O-])cc2)O[C@H](N2CCCCC2)[C@@H]1C. The number of likely N-dealkylation sites (tertiary alicyclic amines) is 1. The number of hydrogen-bond donors (Lipinski definition) is 0. The highest BCUT2D eigenvalue weighted by Crippen LogP contribution is 2.37. The van der Waals surface area contributed by atoms with Crippen LogP contribution in [0, 0.1) is 22.0 Å². The molecule has 5 heteroatoms. The number of rotatable bonds is 4. The first kappa shape index (κ1) is 17.0. The van der Waals surface area contributed by atoms with Crippen LogP contribution in [0.15, 0.2) is 30.3 Å². The van der Waals surface area contributed by atoms with Crippen molar-refractivity contribution in [3.8, 4) is 0 Å². The van der Waals surface area contributed by atoms with Gasteiger partial charge >= 0.3 is 0 Å². The van der Waals surface area contributed by atoms with Gasteiger partial charge in [-0.05, 0) is 43.4 Å². The number of non-ortho nitro benzene ring substituents is 1. The van der Waals surface area contributed by atoms with Gasteiger partial charge in [-0.25, -0.2) is 0 Å². The Hall–Kier alpha value is -1.88. The monoisotopic (exact) mass is 330 g/mol. The lowest BCUT2D eigenvalue weighted by molar-refractivity contribution is -0.384. The van der Waals surface area contributed by atoms with E-state index >= 15 is 0 Å². The molecular weight excluding hydrogens is 304 g/mol. The zero-order chi connectivity index (χ0) is 17.1. The number of nitrogens with zero attached hydrogens (tertiary/aromatic N) is 2. The molecule has 5 nitrogen and oxygen atoms in total. The first-order chi connectivity index (χ1) is 11.6. The smallest absolute Gasteiger partial charge is 0.269 e. The fraction of sp³-hybridized carbons (Fsp3) is 0.579.